The topological polar surface area (TPSA) is 98.9 Å². The highest BCUT2D eigenvalue weighted by Crippen LogP contribution is 2.29. The first-order valence-electron chi connectivity index (χ1n) is 8.77. The molecule has 0 bridgehead atoms. The number of nitrogen functional groups attached to an aromatic ring is 1. The molecule has 0 amide bonds. The Bertz CT molecular complexity index is 888. The van der Waals surface area contributed by atoms with Crippen molar-refractivity contribution in [1.82, 2.24) is 4.98 Å². The van der Waals surface area contributed by atoms with Gasteiger partial charge >= 0.3 is 0 Å². The van der Waals surface area contributed by atoms with Crippen molar-refractivity contribution in [2.24, 2.45) is 5.73 Å². The molecule has 2 aromatic carbocycles. The largest absolute Gasteiger partial charge is 0.384 e. The number of rotatable bonds is 8. The summed E-state index contributed by atoms with van der Waals surface area (Å²) in [6, 6.07) is 15.5. The number of pyridine rings is 1. The molecule has 0 unspecified atom stereocenters. The van der Waals surface area contributed by atoms with Crippen LogP contribution in [0.4, 0.5) is 17.2 Å². The lowest BCUT2D eigenvalue weighted by molar-refractivity contribution is 0.831. The summed E-state index contributed by atoms with van der Waals surface area (Å²) in [5.41, 5.74) is 14.5. The maximum atomic E-state index is 7.47. The monoisotopic (exact) mass is 348 g/mol. The first-order valence-corrected chi connectivity index (χ1v) is 8.77. The molecule has 0 spiro atoms. The van der Waals surface area contributed by atoms with Crippen molar-refractivity contribution in [2.75, 3.05) is 22.7 Å². The summed E-state index contributed by atoms with van der Waals surface area (Å²) in [6.45, 7) is 3.05. The molecule has 1 aromatic heterocycles. The van der Waals surface area contributed by atoms with Crippen LogP contribution < -0.4 is 21.9 Å². The lowest BCUT2D eigenvalue weighted by atomic mass is 10.1. The molecule has 6 N–H and O–H groups in total. The molecule has 3 aromatic rings. The molecule has 0 aliphatic carbocycles. The Kier molecular flexibility index (Phi) is 5.53. The number of unbranched alkanes of at least 4 members (excludes halogenated alkanes) is 1. The van der Waals surface area contributed by atoms with Crippen molar-refractivity contribution in [3.05, 3.63) is 60.3 Å². The number of hydrogen-bond donors (Lipinski definition) is 5. The second kappa shape index (κ2) is 8.20. The molecule has 0 aliphatic heterocycles. The van der Waals surface area contributed by atoms with E-state index in [4.69, 9.17) is 11.1 Å². The van der Waals surface area contributed by atoms with Crippen LogP contribution in [0.2, 0.25) is 0 Å². The predicted molar refractivity (Wildman–Crippen MR) is 110 cm³/mol. The standard InChI is InChI=1S/C20H24N6/c1-2-3-12-23-20-18(17-7-5-4-6-15(17)13-24-20)26-25-16-10-8-14(9-11-16)19(21)22/h4-11,13,25-26H,2-3,12H2,1H3,(H3,21,22)(H,23,24). The first kappa shape index (κ1) is 17.5. The summed E-state index contributed by atoms with van der Waals surface area (Å²) in [7, 11) is 0. The van der Waals surface area contributed by atoms with E-state index in [-0.39, 0.29) is 5.84 Å². The van der Waals surface area contributed by atoms with Gasteiger partial charge in [0.2, 0.25) is 0 Å². The van der Waals surface area contributed by atoms with Crippen molar-refractivity contribution in [2.45, 2.75) is 19.8 Å². The third kappa shape index (κ3) is 4.03. The zero-order chi connectivity index (χ0) is 18.4. The summed E-state index contributed by atoms with van der Waals surface area (Å²) in [6.07, 6.45) is 4.11. The number of hydrazine groups is 1. The Balaban J connectivity index is 1.84. The van der Waals surface area contributed by atoms with Crippen LogP contribution >= 0.6 is 0 Å². The van der Waals surface area contributed by atoms with Gasteiger partial charge in [-0.3, -0.25) is 10.8 Å². The zero-order valence-electron chi connectivity index (χ0n) is 14.8. The highest BCUT2D eigenvalue weighted by Gasteiger charge is 2.09. The van der Waals surface area contributed by atoms with E-state index in [9.17, 15) is 0 Å². The molecule has 0 aliphatic rings. The van der Waals surface area contributed by atoms with Crippen LogP contribution in [-0.4, -0.2) is 17.4 Å². The van der Waals surface area contributed by atoms with E-state index >= 15 is 0 Å². The van der Waals surface area contributed by atoms with Crippen molar-refractivity contribution < 1.29 is 0 Å². The number of nitrogens with one attached hydrogen (secondary N) is 4. The average Bonchev–Trinajstić information content (AvgIpc) is 2.67. The molecular weight excluding hydrogens is 324 g/mol. The van der Waals surface area contributed by atoms with E-state index in [1.165, 1.54) is 0 Å². The van der Waals surface area contributed by atoms with Gasteiger partial charge in [0.1, 0.15) is 11.5 Å². The number of nitrogens with zero attached hydrogens (tertiary/aromatic N) is 1. The SMILES string of the molecule is CCCCNc1ncc2ccccc2c1NNc1ccc(C(=N)N)cc1. The summed E-state index contributed by atoms with van der Waals surface area (Å²) in [4.78, 5) is 4.57. The summed E-state index contributed by atoms with van der Waals surface area (Å²) in [5.74, 6) is 0.884. The fourth-order valence-electron chi connectivity index (χ4n) is 2.68. The minimum atomic E-state index is 0.0603. The van der Waals surface area contributed by atoms with Gasteiger partial charge in [0, 0.05) is 29.1 Å². The average molecular weight is 348 g/mol. The molecule has 134 valence electrons. The third-order valence-corrected chi connectivity index (χ3v) is 4.15. The number of amidine groups is 1. The second-order valence-corrected chi connectivity index (χ2v) is 6.09. The molecule has 0 saturated carbocycles. The lowest BCUT2D eigenvalue weighted by Crippen LogP contribution is -2.14. The number of fused-ring (bicyclic) bond motifs is 1. The number of aromatic nitrogens is 1. The Labute approximate surface area is 153 Å². The molecule has 0 radical (unpaired) electrons. The van der Waals surface area contributed by atoms with Gasteiger partial charge < -0.3 is 16.5 Å². The minimum Gasteiger partial charge on any atom is -0.384 e. The maximum absolute atomic E-state index is 7.47. The van der Waals surface area contributed by atoms with E-state index in [1.54, 1.807) is 0 Å². The van der Waals surface area contributed by atoms with Gasteiger partial charge in [-0.05, 0) is 30.7 Å². The molecule has 6 nitrogen and oxygen atoms in total. The quantitative estimate of drug-likeness (QED) is 0.182. The van der Waals surface area contributed by atoms with E-state index in [2.05, 4.69) is 34.1 Å². The van der Waals surface area contributed by atoms with Gasteiger partial charge in [0.05, 0.1) is 5.69 Å². The summed E-state index contributed by atoms with van der Waals surface area (Å²) >= 11 is 0. The van der Waals surface area contributed by atoms with E-state index < -0.39 is 0 Å². The van der Waals surface area contributed by atoms with Crippen LogP contribution in [0.25, 0.3) is 10.8 Å². The summed E-state index contributed by atoms with van der Waals surface area (Å²) < 4.78 is 0. The highest BCUT2D eigenvalue weighted by molar-refractivity contribution is 5.98. The molecule has 0 fully saturated rings. The van der Waals surface area contributed by atoms with Crippen molar-refractivity contribution >= 4 is 33.8 Å². The van der Waals surface area contributed by atoms with Crippen molar-refractivity contribution in [3.63, 3.8) is 0 Å². The van der Waals surface area contributed by atoms with Crippen LogP contribution in [0.15, 0.2) is 54.7 Å². The fourth-order valence-corrected chi connectivity index (χ4v) is 2.68. The molecular formula is C20H24N6. The Morgan fingerprint density at radius 2 is 1.85 bits per heavy atom. The number of hydrogen-bond acceptors (Lipinski definition) is 5. The van der Waals surface area contributed by atoms with E-state index in [0.29, 0.717) is 5.56 Å². The Hall–Kier alpha value is -3.28. The highest BCUT2D eigenvalue weighted by atomic mass is 15.4. The number of nitrogens with two attached hydrogens (primary N) is 1. The Morgan fingerprint density at radius 1 is 1.08 bits per heavy atom. The maximum Gasteiger partial charge on any atom is 0.151 e. The van der Waals surface area contributed by atoms with Gasteiger partial charge in [-0.1, -0.05) is 37.6 Å². The van der Waals surface area contributed by atoms with Gasteiger partial charge in [-0.2, -0.15) is 0 Å². The van der Waals surface area contributed by atoms with Gasteiger partial charge in [0.15, 0.2) is 5.82 Å². The van der Waals surface area contributed by atoms with E-state index in [1.807, 2.05) is 48.7 Å². The van der Waals surface area contributed by atoms with Crippen LogP contribution in [0.3, 0.4) is 0 Å². The predicted octanol–water partition coefficient (Wildman–Crippen LogP) is 4.17. The first-order chi connectivity index (χ1) is 12.7. The fraction of sp³-hybridized carbons (Fsp3) is 0.200. The molecule has 3 rings (SSSR count). The molecule has 26 heavy (non-hydrogen) atoms. The normalized spacial score (nSPS) is 10.5. The summed E-state index contributed by atoms with van der Waals surface area (Å²) in [5, 5.41) is 13.0. The number of anilines is 3. The minimum absolute atomic E-state index is 0.0603. The van der Waals surface area contributed by atoms with Crippen LogP contribution in [0.1, 0.15) is 25.3 Å². The second-order valence-electron chi connectivity index (χ2n) is 6.09. The Morgan fingerprint density at radius 3 is 2.58 bits per heavy atom. The van der Waals surface area contributed by atoms with Gasteiger partial charge in [-0.15, -0.1) is 0 Å². The molecule has 0 saturated heterocycles. The van der Waals surface area contributed by atoms with Crippen LogP contribution in [-0.2, 0) is 0 Å². The van der Waals surface area contributed by atoms with Crippen LogP contribution in [0.5, 0.6) is 0 Å². The van der Waals surface area contributed by atoms with Gasteiger partial charge in [0.25, 0.3) is 0 Å². The number of benzene rings is 2. The lowest BCUT2D eigenvalue weighted by Gasteiger charge is -2.17. The molecule has 0 atom stereocenters. The smallest absolute Gasteiger partial charge is 0.151 e. The van der Waals surface area contributed by atoms with Gasteiger partial charge in [-0.25, -0.2) is 4.98 Å². The van der Waals surface area contributed by atoms with Crippen LogP contribution in [0, 0.1) is 5.41 Å². The third-order valence-electron chi connectivity index (χ3n) is 4.15. The molecule has 6 heteroatoms. The van der Waals surface area contributed by atoms with Crippen molar-refractivity contribution in [3.8, 4) is 0 Å². The molecule has 1 heterocycles. The zero-order valence-corrected chi connectivity index (χ0v) is 14.8. The van der Waals surface area contributed by atoms with Crippen molar-refractivity contribution in [1.29, 1.82) is 5.41 Å². The van der Waals surface area contributed by atoms with E-state index in [0.717, 1.165) is 47.4 Å².